The molecule has 3 atom stereocenters. The van der Waals surface area contributed by atoms with E-state index >= 15 is 0 Å². The number of benzene rings is 1. The van der Waals surface area contributed by atoms with Crippen molar-refractivity contribution in [1.29, 1.82) is 0 Å². The Balaban J connectivity index is 1.55. The van der Waals surface area contributed by atoms with Crippen LogP contribution < -0.4 is 0 Å². The maximum Gasteiger partial charge on any atom is 0.274 e. The molecule has 1 aromatic carbocycles. The number of carbonyl (C=O) groups is 1. The molecule has 0 spiro atoms. The number of rotatable bonds is 2. The summed E-state index contributed by atoms with van der Waals surface area (Å²) in [6, 6.07) is 3.86. The number of halogens is 2. The highest BCUT2D eigenvalue weighted by Gasteiger charge is 2.54. The maximum atomic E-state index is 13.9. The molecular weight excluding hydrogens is 350 g/mol. The highest BCUT2D eigenvalue weighted by atomic mass is 19.1. The summed E-state index contributed by atoms with van der Waals surface area (Å²) in [5.74, 6) is -0.980. The Labute approximate surface area is 156 Å². The van der Waals surface area contributed by atoms with Crippen molar-refractivity contribution in [3.63, 3.8) is 0 Å². The van der Waals surface area contributed by atoms with Crippen molar-refractivity contribution in [3.05, 3.63) is 59.7 Å². The van der Waals surface area contributed by atoms with E-state index in [1.54, 1.807) is 0 Å². The predicted octanol–water partition coefficient (Wildman–Crippen LogP) is 2.46. The summed E-state index contributed by atoms with van der Waals surface area (Å²) >= 11 is 0. The number of hydrogen-bond donors (Lipinski definition) is 0. The average Bonchev–Trinajstić information content (AvgIpc) is 3.11. The van der Waals surface area contributed by atoms with Crippen molar-refractivity contribution in [2.45, 2.75) is 30.8 Å². The molecule has 0 radical (unpaired) electrons. The molecule has 1 aromatic heterocycles. The quantitative estimate of drug-likeness (QED) is 0.815. The largest absolute Gasteiger partial charge is 0.332 e. The Hall–Kier alpha value is -2.41. The number of amides is 1. The Morgan fingerprint density at radius 3 is 2.44 bits per heavy atom. The van der Waals surface area contributed by atoms with Crippen LogP contribution in [-0.2, 0) is 0 Å². The first kappa shape index (κ1) is 16.7. The molecule has 2 aromatic rings. The summed E-state index contributed by atoms with van der Waals surface area (Å²) in [5, 5.41) is 0. The summed E-state index contributed by atoms with van der Waals surface area (Å²) in [6.07, 6.45) is 6.63. The standard InChI is InChI=1S/C20H20F2N4O/c21-14-7-13(8-15(22)9-14)16-11-26(20(27)17-10-23-3-4-24-17)18-12-1-5-25(6-2-12)19(16)18/h3-4,7-10,12,16,18-19H,1-2,5-6,11H2/t16-,18+,19+/m1/s1. The van der Waals surface area contributed by atoms with Crippen molar-refractivity contribution in [2.24, 2.45) is 5.92 Å². The highest BCUT2D eigenvalue weighted by Crippen LogP contribution is 2.47. The van der Waals surface area contributed by atoms with Crippen LogP contribution in [0.2, 0.25) is 0 Å². The number of nitrogens with zero attached hydrogens (tertiary/aromatic N) is 4. The van der Waals surface area contributed by atoms with Crippen molar-refractivity contribution in [2.75, 3.05) is 19.6 Å². The van der Waals surface area contributed by atoms with E-state index in [9.17, 15) is 13.6 Å². The molecule has 0 N–H and O–H groups in total. The van der Waals surface area contributed by atoms with Gasteiger partial charge < -0.3 is 4.90 Å². The first-order valence-corrected chi connectivity index (χ1v) is 9.39. The van der Waals surface area contributed by atoms with Gasteiger partial charge in [-0.1, -0.05) is 0 Å². The number of likely N-dealkylation sites (tertiary alicyclic amines) is 1. The van der Waals surface area contributed by atoms with Gasteiger partial charge in [0.05, 0.1) is 12.2 Å². The fraction of sp³-hybridized carbons (Fsp3) is 0.450. The molecule has 0 saturated carbocycles. The van der Waals surface area contributed by atoms with Crippen LogP contribution in [0.15, 0.2) is 36.8 Å². The Morgan fingerprint density at radius 1 is 1.04 bits per heavy atom. The minimum Gasteiger partial charge on any atom is -0.332 e. The molecule has 0 unspecified atom stereocenters. The smallest absolute Gasteiger partial charge is 0.274 e. The van der Waals surface area contributed by atoms with E-state index in [-0.39, 0.29) is 23.9 Å². The summed E-state index contributed by atoms with van der Waals surface area (Å²) in [4.78, 5) is 25.6. The molecule has 5 nitrogen and oxygen atoms in total. The molecule has 4 aliphatic rings. The normalized spacial score (nSPS) is 31.8. The van der Waals surface area contributed by atoms with Gasteiger partial charge in [0.1, 0.15) is 17.3 Å². The molecule has 5 heterocycles. The summed E-state index contributed by atoms with van der Waals surface area (Å²) in [7, 11) is 0. The highest BCUT2D eigenvalue weighted by molar-refractivity contribution is 5.92. The number of fused-ring (bicyclic) bond motifs is 2. The van der Waals surface area contributed by atoms with Crippen molar-refractivity contribution < 1.29 is 13.6 Å². The van der Waals surface area contributed by atoms with Crippen LogP contribution >= 0.6 is 0 Å². The topological polar surface area (TPSA) is 49.3 Å². The molecule has 4 aliphatic heterocycles. The zero-order chi connectivity index (χ0) is 18.5. The van der Waals surface area contributed by atoms with E-state index in [1.807, 2.05) is 4.90 Å². The van der Waals surface area contributed by atoms with Crippen LogP contribution in [0.25, 0.3) is 0 Å². The molecular formula is C20H20F2N4O. The summed E-state index contributed by atoms with van der Waals surface area (Å²) in [6.45, 7) is 2.40. The first-order valence-electron chi connectivity index (χ1n) is 9.39. The van der Waals surface area contributed by atoms with Crippen molar-refractivity contribution in [1.82, 2.24) is 19.8 Å². The Bertz CT molecular complexity index is 849. The van der Waals surface area contributed by atoms with Gasteiger partial charge in [-0.05, 0) is 49.5 Å². The van der Waals surface area contributed by atoms with Gasteiger partial charge in [0.25, 0.3) is 5.91 Å². The lowest BCUT2D eigenvalue weighted by atomic mass is 9.75. The van der Waals surface area contributed by atoms with Crippen LogP contribution in [0.4, 0.5) is 8.78 Å². The van der Waals surface area contributed by atoms with Gasteiger partial charge in [-0.2, -0.15) is 0 Å². The third kappa shape index (κ3) is 2.72. The molecule has 140 valence electrons. The van der Waals surface area contributed by atoms with E-state index < -0.39 is 11.6 Å². The van der Waals surface area contributed by atoms with Gasteiger partial charge in [0, 0.05) is 37.0 Å². The van der Waals surface area contributed by atoms with Crippen molar-refractivity contribution in [3.8, 4) is 0 Å². The van der Waals surface area contributed by atoms with E-state index in [2.05, 4.69) is 14.9 Å². The maximum absolute atomic E-state index is 13.9. The Morgan fingerprint density at radius 2 is 1.78 bits per heavy atom. The van der Waals surface area contributed by atoms with Crippen LogP contribution in [-0.4, -0.2) is 57.4 Å². The lowest BCUT2D eigenvalue weighted by Gasteiger charge is -2.51. The predicted molar refractivity (Wildman–Crippen MR) is 94.0 cm³/mol. The SMILES string of the molecule is O=C(c1cnccn1)N1C[C@H](c2cc(F)cc(F)c2)[C@H]2[C@@H]1C1CCN2CC1. The fourth-order valence-electron chi connectivity index (χ4n) is 5.29. The summed E-state index contributed by atoms with van der Waals surface area (Å²) < 4.78 is 27.7. The lowest BCUT2D eigenvalue weighted by Crippen LogP contribution is -2.60. The number of hydrogen-bond acceptors (Lipinski definition) is 4. The van der Waals surface area contributed by atoms with Gasteiger partial charge in [-0.15, -0.1) is 0 Å². The fourth-order valence-corrected chi connectivity index (χ4v) is 5.29. The summed E-state index contributed by atoms with van der Waals surface area (Å²) in [5.41, 5.74) is 0.947. The van der Waals surface area contributed by atoms with Gasteiger partial charge >= 0.3 is 0 Å². The molecule has 0 aliphatic carbocycles. The average molecular weight is 370 g/mol. The first-order chi connectivity index (χ1) is 13.1. The zero-order valence-electron chi connectivity index (χ0n) is 14.8. The molecule has 6 rings (SSSR count). The second-order valence-corrected chi connectivity index (χ2v) is 7.71. The molecule has 27 heavy (non-hydrogen) atoms. The van der Waals surface area contributed by atoms with Crippen molar-refractivity contribution >= 4 is 5.91 Å². The monoisotopic (exact) mass is 370 g/mol. The lowest BCUT2D eigenvalue weighted by molar-refractivity contribution is -0.00362. The van der Waals surface area contributed by atoms with E-state index in [0.29, 0.717) is 23.7 Å². The molecule has 4 saturated heterocycles. The molecule has 2 bridgehead atoms. The number of piperidine rings is 3. The second kappa shape index (κ2) is 6.34. The number of aromatic nitrogens is 2. The van der Waals surface area contributed by atoms with Crippen LogP contribution in [0, 0.1) is 17.6 Å². The van der Waals surface area contributed by atoms with Crippen LogP contribution in [0.3, 0.4) is 0 Å². The molecule has 7 heteroatoms. The van der Waals surface area contributed by atoms with Gasteiger partial charge in [0.15, 0.2) is 0 Å². The minimum atomic E-state index is -0.573. The number of carbonyl (C=O) groups excluding carboxylic acids is 1. The van der Waals surface area contributed by atoms with E-state index in [1.165, 1.54) is 30.7 Å². The zero-order valence-corrected chi connectivity index (χ0v) is 14.8. The molecule has 4 fully saturated rings. The Kier molecular flexibility index (Phi) is 3.93. The molecule has 1 amide bonds. The van der Waals surface area contributed by atoms with Crippen LogP contribution in [0.1, 0.15) is 34.8 Å². The van der Waals surface area contributed by atoms with E-state index in [0.717, 1.165) is 32.0 Å². The minimum absolute atomic E-state index is 0.0540. The van der Waals surface area contributed by atoms with Gasteiger partial charge in [0.2, 0.25) is 0 Å². The van der Waals surface area contributed by atoms with Gasteiger partial charge in [-0.25, -0.2) is 13.8 Å². The van der Waals surface area contributed by atoms with Crippen LogP contribution in [0.5, 0.6) is 0 Å². The third-order valence-corrected chi connectivity index (χ3v) is 6.35. The van der Waals surface area contributed by atoms with E-state index in [4.69, 9.17) is 0 Å². The third-order valence-electron chi connectivity index (χ3n) is 6.35. The van der Waals surface area contributed by atoms with Gasteiger partial charge in [-0.3, -0.25) is 14.7 Å². The second-order valence-electron chi connectivity index (χ2n) is 7.71.